The highest BCUT2D eigenvalue weighted by atomic mass is 16.6. The smallest absolute Gasteiger partial charge is 0.214 e. The molecular weight excluding hydrogens is 348 g/mol. The van der Waals surface area contributed by atoms with Gasteiger partial charge in [-0.1, -0.05) is 77.9 Å². The van der Waals surface area contributed by atoms with Crippen molar-refractivity contribution in [2.75, 3.05) is 6.54 Å². The van der Waals surface area contributed by atoms with E-state index < -0.39 is 0 Å². The number of aromatic amines is 1. The minimum atomic E-state index is -0.331. The van der Waals surface area contributed by atoms with Crippen molar-refractivity contribution in [1.82, 2.24) is 4.98 Å². The number of aromatic nitrogens is 1. The van der Waals surface area contributed by atoms with Crippen LogP contribution in [-0.4, -0.2) is 16.5 Å². The van der Waals surface area contributed by atoms with Crippen LogP contribution in [0.15, 0.2) is 72.8 Å². The van der Waals surface area contributed by atoms with Crippen LogP contribution in [0.1, 0.15) is 28.2 Å². The van der Waals surface area contributed by atoms with Gasteiger partial charge in [0.2, 0.25) is 6.54 Å². The summed E-state index contributed by atoms with van der Waals surface area (Å²) in [4.78, 5) is 14.9. The summed E-state index contributed by atoms with van der Waals surface area (Å²) in [7, 11) is 0. The molecule has 0 spiro atoms. The van der Waals surface area contributed by atoms with Crippen LogP contribution in [0.25, 0.3) is 22.2 Å². The lowest BCUT2D eigenvalue weighted by molar-refractivity contribution is -0.481. The number of aryl methyl sites for hydroxylation is 2. The van der Waals surface area contributed by atoms with Crippen molar-refractivity contribution in [2.24, 2.45) is 0 Å². The third-order valence-electron chi connectivity index (χ3n) is 5.25. The standard InChI is InChI=1S/C24H22N2O2/c1-16-7-11-18(12-8-16)21(15-26(27)28)23-20-5-3-4-6-22(20)25-24(23)19-13-9-17(2)10-14-19/h3-14,21,25H,15H2,1-2H3. The Morgan fingerprint density at radius 1 is 0.893 bits per heavy atom. The van der Waals surface area contributed by atoms with Gasteiger partial charge in [-0.15, -0.1) is 0 Å². The Bertz CT molecular complexity index is 1130. The van der Waals surface area contributed by atoms with Crippen LogP contribution in [0.3, 0.4) is 0 Å². The first-order valence-electron chi connectivity index (χ1n) is 9.39. The zero-order chi connectivity index (χ0) is 19.7. The Morgan fingerprint density at radius 2 is 1.50 bits per heavy atom. The van der Waals surface area contributed by atoms with E-state index in [4.69, 9.17) is 0 Å². The molecule has 4 aromatic rings. The second-order valence-electron chi connectivity index (χ2n) is 7.30. The largest absolute Gasteiger partial charge is 0.354 e. The zero-order valence-corrected chi connectivity index (χ0v) is 16.0. The Hall–Kier alpha value is -3.40. The van der Waals surface area contributed by atoms with Gasteiger partial charge in [0.05, 0.1) is 11.6 Å². The average molecular weight is 370 g/mol. The maximum absolute atomic E-state index is 11.6. The van der Waals surface area contributed by atoms with Crippen LogP contribution in [-0.2, 0) is 0 Å². The number of hydrogen-bond donors (Lipinski definition) is 1. The molecule has 1 heterocycles. The molecule has 0 aliphatic heterocycles. The Kier molecular flexibility index (Phi) is 4.70. The van der Waals surface area contributed by atoms with Gasteiger partial charge in [-0.05, 0) is 36.6 Å². The summed E-state index contributed by atoms with van der Waals surface area (Å²) in [5.74, 6) is -0.331. The van der Waals surface area contributed by atoms with Gasteiger partial charge in [-0.2, -0.15) is 0 Å². The minimum absolute atomic E-state index is 0.149. The Morgan fingerprint density at radius 3 is 2.14 bits per heavy atom. The SMILES string of the molecule is Cc1ccc(-c2[nH]c3ccccc3c2C(C[N+](=O)[O-])c2ccc(C)cc2)cc1. The van der Waals surface area contributed by atoms with E-state index in [-0.39, 0.29) is 17.4 Å². The van der Waals surface area contributed by atoms with Gasteiger partial charge in [0, 0.05) is 15.8 Å². The third kappa shape index (κ3) is 3.41. The second-order valence-corrected chi connectivity index (χ2v) is 7.30. The van der Waals surface area contributed by atoms with E-state index in [1.807, 2.05) is 55.5 Å². The first kappa shape index (κ1) is 18.0. The third-order valence-corrected chi connectivity index (χ3v) is 5.25. The van der Waals surface area contributed by atoms with E-state index in [1.54, 1.807) is 0 Å². The quantitative estimate of drug-likeness (QED) is 0.353. The maximum atomic E-state index is 11.6. The number of rotatable bonds is 5. The summed E-state index contributed by atoms with van der Waals surface area (Å²) in [6, 6.07) is 24.4. The minimum Gasteiger partial charge on any atom is -0.354 e. The molecule has 0 saturated carbocycles. The second kappa shape index (κ2) is 7.31. The lowest BCUT2D eigenvalue weighted by atomic mass is 9.87. The Balaban J connectivity index is 1.97. The lowest BCUT2D eigenvalue weighted by Crippen LogP contribution is -2.14. The molecule has 1 atom stereocenters. The highest BCUT2D eigenvalue weighted by Gasteiger charge is 2.27. The fraction of sp³-hybridized carbons (Fsp3) is 0.167. The van der Waals surface area contributed by atoms with Gasteiger partial charge < -0.3 is 4.98 Å². The molecule has 0 saturated heterocycles. The summed E-state index contributed by atoms with van der Waals surface area (Å²) in [6.07, 6.45) is 0. The van der Waals surface area contributed by atoms with Crippen LogP contribution in [0.4, 0.5) is 0 Å². The summed E-state index contributed by atoms with van der Waals surface area (Å²) in [5, 5.41) is 12.6. The highest BCUT2D eigenvalue weighted by molar-refractivity contribution is 5.92. The predicted octanol–water partition coefficient (Wildman–Crippen LogP) is 5.86. The summed E-state index contributed by atoms with van der Waals surface area (Å²) < 4.78 is 0. The average Bonchev–Trinajstić information content (AvgIpc) is 3.06. The van der Waals surface area contributed by atoms with E-state index in [2.05, 4.69) is 36.2 Å². The van der Waals surface area contributed by atoms with Gasteiger partial charge >= 0.3 is 0 Å². The summed E-state index contributed by atoms with van der Waals surface area (Å²) >= 11 is 0. The zero-order valence-electron chi connectivity index (χ0n) is 16.0. The molecule has 1 aromatic heterocycles. The van der Waals surface area contributed by atoms with Crippen LogP contribution >= 0.6 is 0 Å². The van der Waals surface area contributed by atoms with E-state index in [9.17, 15) is 10.1 Å². The Labute approximate surface area is 164 Å². The van der Waals surface area contributed by atoms with E-state index >= 15 is 0 Å². The molecule has 4 rings (SSSR count). The number of H-pyrrole nitrogens is 1. The molecule has 4 heteroatoms. The highest BCUT2D eigenvalue weighted by Crippen LogP contribution is 2.39. The molecule has 1 N–H and O–H groups in total. The number of nitro groups is 1. The monoisotopic (exact) mass is 370 g/mol. The van der Waals surface area contributed by atoms with Gasteiger partial charge in [-0.3, -0.25) is 10.1 Å². The number of nitrogens with one attached hydrogen (secondary N) is 1. The van der Waals surface area contributed by atoms with Crippen LogP contribution in [0, 0.1) is 24.0 Å². The van der Waals surface area contributed by atoms with Crippen LogP contribution in [0.2, 0.25) is 0 Å². The van der Waals surface area contributed by atoms with E-state index in [0.29, 0.717) is 0 Å². The lowest BCUT2D eigenvalue weighted by Gasteiger charge is -2.16. The van der Waals surface area contributed by atoms with E-state index in [0.717, 1.165) is 38.9 Å². The summed E-state index contributed by atoms with van der Waals surface area (Å²) in [6.45, 7) is 3.93. The molecule has 4 nitrogen and oxygen atoms in total. The number of nitrogens with zero attached hydrogens (tertiary/aromatic N) is 1. The molecule has 1 unspecified atom stereocenters. The molecule has 0 amide bonds. The summed E-state index contributed by atoms with van der Waals surface area (Å²) in [5.41, 5.74) is 7.25. The van der Waals surface area contributed by atoms with Crippen molar-refractivity contribution in [1.29, 1.82) is 0 Å². The maximum Gasteiger partial charge on any atom is 0.214 e. The normalized spacial score (nSPS) is 12.2. The molecule has 3 aromatic carbocycles. The number of para-hydroxylation sites is 1. The van der Waals surface area contributed by atoms with Crippen LogP contribution < -0.4 is 0 Å². The van der Waals surface area contributed by atoms with E-state index in [1.165, 1.54) is 5.56 Å². The van der Waals surface area contributed by atoms with Crippen molar-refractivity contribution in [3.05, 3.63) is 105 Å². The molecule has 0 aliphatic rings. The number of hydrogen-bond acceptors (Lipinski definition) is 2. The fourth-order valence-corrected chi connectivity index (χ4v) is 3.78. The van der Waals surface area contributed by atoms with Crippen LogP contribution in [0.5, 0.6) is 0 Å². The number of benzene rings is 3. The van der Waals surface area contributed by atoms with Crippen molar-refractivity contribution in [3.63, 3.8) is 0 Å². The van der Waals surface area contributed by atoms with Gasteiger partial charge in [0.1, 0.15) is 0 Å². The molecule has 0 bridgehead atoms. The predicted molar refractivity (Wildman–Crippen MR) is 113 cm³/mol. The van der Waals surface area contributed by atoms with Gasteiger partial charge in [0.25, 0.3) is 0 Å². The molecule has 0 aliphatic carbocycles. The number of fused-ring (bicyclic) bond motifs is 1. The molecular formula is C24H22N2O2. The fourth-order valence-electron chi connectivity index (χ4n) is 3.78. The first-order chi connectivity index (χ1) is 13.5. The molecule has 0 radical (unpaired) electrons. The first-order valence-corrected chi connectivity index (χ1v) is 9.39. The van der Waals surface area contributed by atoms with Gasteiger partial charge in [0.15, 0.2) is 0 Å². The molecule has 28 heavy (non-hydrogen) atoms. The van der Waals surface area contributed by atoms with Gasteiger partial charge in [-0.25, -0.2) is 0 Å². The topological polar surface area (TPSA) is 58.9 Å². The van der Waals surface area contributed by atoms with Crippen molar-refractivity contribution in [2.45, 2.75) is 19.8 Å². The molecule has 0 fully saturated rings. The van der Waals surface area contributed by atoms with Crippen molar-refractivity contribution in [3.8, 4) is 11.3 Å². The van der Waals surface area contributed by atoms with Crippen molar-refractivity contribution < 1.29 is 4.92 Å². The van der Waals surface area contributed by atoms with Crippen molar-refractivity contribution >= 4 is 10.9 Å². The molecule has 140 valence electrons.